The molecule has 2 atom stereocenters. The van der Waals surface area contributed by atoms with Gasteiger partial charge in [-0.1, -0.05) is 42.5 Å². The molecule has 0 saturated carbocycles. The van der Waals surface area contributed by atoms with E-state index in [0.717, 1.165) is 5.56 Å². The highest BCUT2D eigenvalue weighted by Gasteiger charge is 2.26. The third-order valence-electron chi connectivity index (χ3n) is 3.64. The Kier molecular flexibility index (Phi) is 5.46. The van der Waals surface area contributed by atoms with Crippen molar-refractivity contribution in [2.45, 2.75) is 19.4 Å². The molecule has 0 heterocycles. The minimum atomic E-state index is -0.985. The standard InChI is InChI=1S/C18H18FNO3/c1-12(18(22)23)17(14-5-3-2-4-6-14)20-16(21)11-13-7-9-15(19)10-8-13/h2-10,12,17H,11H2,1H3,(H,20,21)(H,22,23). The van der Waals surface area contributed by atoms with Crippen molar-refractivity contribution >= 4 is 11.9 Å². The first kappa shape index (κ1) is 16.7. The minimum Gasteiger partial charge on any atom is -0.481 e. The van der Waals surface area contributed by atoms with Crippen LogP contribution in [0, 0.1) is 11.7 Å². The summed E-state index contributed by atoms with van der Waals surface area (Å²) in [6, 6.07) is 14.0. The molecule has 2 aromatic rings. The zero-order chi connectivity index (χ0) is 16.8. The molecule has 0 aliphatic rings. The van der Waals surface area contributed by atoms with Gasteiger partial charge >= 0.3 is 5.97 Å². The predicted octanol–water partition coefficient (Wildman–Crippen LogP) is 2.95. The second kappa shape index (κ2) is 7.54. The molecule has 2 aromatic carbocycles. The first-order valence-corrected chi connectivity index (χ1v) is 7.29. The van der Waals surface area contributed by atoms with Crippen molar-refractivity contribution in [2.24, 2.45) is 5.92 Å². The Balaban J connectivity index is 2.12. The molecule has 0 radical (unpaired) electrons. The molecule has 4 nitrogen and oxygen atoms in total. The molecule has 120 valence electrons. The molecule has 2 N–H and O–H groups in total. The fraction of sp³-hybridized carbons (Fsp3) is 0.222. The summed E-state index contributed by atoms with van der Waals surface area (Å²) in [5.74, 6) is -2.43. The predicted molar refractivity (Wildman–Crippen MR) is 84.2 cm³/mol. The molecule has 0 aliphatic heterocycles. The van der Waals surface area contributed by atoms with Gasteiger partial charge in [-0.15, -0.1) is 0 Å². The lowest BCUT2D eigenvalue weighted by Crippen LogP contribution is -2.36. The van der Waals surface area contributed by atoms with E-state index in [1.165, 1.54) is 24.3 Å². The van der Waals surface area contributed by atoms with Gasteiger partial charge in [0.25, 0.3) is 0 Å². The molecule has 0 aliphatic carbocycles. The molecule has 2 rings (SSSR count). The van der Waals surface area contributed by atoms with Crippen LogP contribution in [0.3, 0.4) is 0 Å². The van der Waals surface area contributed by atoms with Gasteiger partial charge < -0.3 is 10.4 Å². The van der Waals surface area contributed by atoms with E-state index in [0.29, 0.717) is 5.56 Å². The third-order valence-corrected chi connectivity index (χ3v) is 3.64. The highest BCUT2D eigenvalue weighted by atomic mass is 19.1. The lowest BCUT2D eigenvalue weighted by atomic mass is 9.94. The fourth-order valence-corrected chi connectivity index (χ4v) is 2.31. The molecule has 2 unspecified atom stereocenters. The maximum absolute atomic E-state index is 12.9. The van der Waals surface area contributed by atoms with E-state index in [9.17, 15) is 19.1 Å². The van der Waals surface area contributed by atoms with E-state index >= 15 is 0 Å². The average Bonchev–Trinajstić information content (AvgIpc) is 2.55. The number of carboxylic acid groups (broad SMARTS) is 1. The number of amides is 1. The Hall–Kier alpha value is -2.69. The number of hydrogen-bond donors (Lipinski definition) is 2. The lowest BCUT2D eigenvalue weighted by molar-refractivity contribution is -0.142. The number of carbonyl (C=O) groups excluding carboxylic acids is 1. The number of carboxylic acids is 1. The number of aliphatic carboxylic acids is 1. The lowest BCUT2D eigenvalue weighted by Gasteiger charge is -2.23. The van der Waals surface area contributed by atoms with E-state index in [4.69, 9.17) is 0 Å². The van der Waals surface area contributed by atoms with Crippen LogP contribution in [0.1, 0.15) is 24.1 Å². The second-order valence-electron chi connectivity index (χ2n) is 5.39. The fourth-order valence-electron chi connectivity index (χ4n) is 2.31. The Morgan fingerprint density at radius 2 is 1.70 bits per heavy atom. The van der Waals surface area contributed by atoms with Gasteiger partial charge in [-0.05, 0) is 30.2 Å². The first-order chi connectivity index (χ1) is 11.0. The number of carbonyl (C=O) groups is 2. The van der Waals surface area contributed by atoms with Gasteiger partial charge in [0.15, 0.2) is 0 Å². The van der Waals surface area contributed by atoms with Crippen molar-refractivity contribution in [1.29, 1.82) is 0 Å². The van der Waals surface area contributed by atoms with Crippen LogP contribution in [-0.4, -0.2) is 17.0 Å². The van der Waals surface area contributed by atoms with Gasteiger partial charge in [0, 0.05) is 0 Å². The highest BCUT2D eigenvalue weighted by molar-refractivity contribution is 5.80. The zero-order valence-electron chi connectivity index (χ0n) is 12.7. The SMILES string of the molecule is CC(C(=O)O)C(NC(=O)Cc1ccc(F)cc1)c1ccccc1. The summed E-state index contributed by atoms with van der Waals surface area (Å²) in [7, 11) is 0. The molecule has 0 fully saturated rings. The number of halogens is 1. The summed E-state index contributed by atoms with van der Waals surface area (Å²) in [4.78, 5) is 23.5. The van der Waals surface area contributed by atoms with Crippen LogP contribution in [-0.2, 0) is 16.0 Å². The second-order valence-corrected chi connectivity index (χ2v) is 5.39. The minimum absolute atomic E-state index is 0.0654. The van der Waals surface area contributed by atoms with Crippen molar-refractivity contribution < 1.29 is 19.1 Å². The number of hydrogen-bond acceptors (Lipinski definition) is 2. The normalized spacial score (nSPS) is 13.1. The largest absolute Gasteiger partial charge is 0.481 e. The summed E-state index contributed by atoms with van der Waals surface area (Å²) >= 11 is 0. The monoisotopic (exact) mass is 315 g/mol. The maximum atomic E-state index is 12.9. The van der Waals surface area contributed by atoms with E-state index in [2.05, 4.69) is 5.32 Å². The molecular weight excluding hydrogens is 297 g/mol. The van der Waals surface area contributed by atoms with Gasteiger partial charge in [-0.25, -0.2) is 4.39 Å². The smallest absolute Gasteiger partial charge is 0.308 e. The van der Waals surface area contributed by atoms with Crippen LogP contribution >= 0.6 is 0 Å². The van der Waals surface area contributed by atoms with Crippen LogP contribution in [0.25, 0.3) is 0 Å². The van der Waals surface area contributed by atoms with Gasteiger partial charge in [-0.3, -0.25) is 9.59 Å². The van der Waals surface area contributed by atoms with Gasteiger partial charge in [0.2, 0.25) is 5.91 Å². The summed E-state index contributed by atoms with van der Waals surface area (Å²) in [5.41, 5.74) is 1.40. The van der Waals surface area contributed by atoms with E-state index < -0.39 is 17.9 Å². The Bertz CT molecular complexity index is 670. The number of benzene rings is 2. The molecule has 0 bridgehead atoms. The Morgan fingerprint density at radius 3 is 2.26 bits per heavy atom. The molecule has 23 heavy (non-hydrogen) atoms. The summed E-state index contributed by atoms with van der Waals surface area (Å²) in [6.07, 6.45) is 0.0654. The van der Waals surface area contributed by atoms with Crippen molar-refractivity contribution in [1.82, 2.24) is 5.32 Å². The van der Waals surface area contributed by atoms with E-state index in [-0.39, 0.29) is 18.1 Å². The summed E-state index contributed by atoms with van der Waals surface area (Å²) in [5, 5.41) is 12.0. The zero-order valence-corrected chi connectivity index (χ0v) is 12.7. The maximum Gasteiger partial charge on any atom is 0.308 e. The Labute approximate surface area is 134 Å². The van der Waals surface area contributed by atoms with E-state index in [1.54, 1.807) is 31.2 Å². The quantitative estimate of drug-likeness (QED) is 0.861. The van der Waals surface area contributed by atoms with E-state index in [1.807, 2.05) is 6.07 Å². The molecule has 0 aromatic heterocycles. The van der Waals surface area contributed by atoms with Gasteiger partial charge in [-0.2, -0.15) is 0 Å². The van der Waals surface area contributed by atoms with Crippen molar-refractivity contribution in [3.63, 3.8) is 0 Å². The molecule has 0 saturated heterocycles. The van der Waals surface area contributed by atoms with Crippen LogP contribution in [0.5, 0.6) is 0 Å². The van der Waals surface area contributed by atoms with Gasteiger partial charge in [0.05, 0.1) is 18.4 Å². The number of rotatable bonds is 6. The number of nitrogens with one attached hydrogen (secondary N) is 1. The van der Waals surface area contributed by atoms with Crippen molar-refractivity contribution in [3.8, 4) is 0 Å². The molecule has 5 heteroatoms. The third kappa shape index (κ3) is 4.64. The van der Waals surface area contributed by atoms with Crippen molar-refractivity contribution in [3.05, 3.63) is 71.5 Å². The summed E-state index contributed by atoms with van der Waals surface area (Å²) in [6.45, 7) is 1.55. The molecule has 1 amide bonds. The first-order valence-electron chi connectivity index (χ1n) is 7.29. The molecule has 0 spiro atoms. The Morgan fingerprint density at radius 1 is 1.09 bits per heavy atom. The van der Waals surface area contributed by atoms with Crippen LogP contribution in [0.2, 0.25) is 0 Å². The highest BCUT2D eigenvalue weighted by Crippen LogP contribution is 2.22. The van der Waals surface area contributed by atoms with Crippen LogP contribution in [0.15, 0.2) is 54.6 Å². The summed E-state index contributed by atoms with van der Waals surface area (Å²) < 4.78 is 12.9. The van der Waals surface area contributed by atoms with Gasteiger partial charge in [0.1, 0.15) is 5.82 Å². The topological polar surface area (TPSA) is 66.4 Å². The van der Waals surface area contributed by atoms with Crippen LogP contribution in [0.4, 0.5) is 4.39 Å². The van der Waals surface area contributed by atoms with Crippen LogP contribution < -0.4 is 5.32 Å². The molecular formula is C18H18FNO3. The average molecular weight is 315 g/mol. The van der Waals surface area contributed by atoms with Crippen molar-refractivity contribution in [2.75, 3.05) is 0 Å².